The zero-order chi connectivity index (χ0) is 33.8. The summed E-state index contributed by atoms with van der Waals surface area (Å²) in [6.45, 7) is 2.70. The van der Waals surface area contributed by atoms with E-state index in [4.69, 9.17) is 14.5 Å². The first-order valence-electron chi connectivity index (χ1n) is 15.7. The van der Waals surface area contributed by atoms with Gasteiger partial charge >= 0.3 is 5.97 Å². The minimum Gasteiger partial charge on any atom is -0.493 e. The van der Waals surface area contributed by atoms with E-state index in [1.54, 1.807) is 50.6 Å². The maximum absolute atomic E-state index is 13.4. The highest BCUT2D eigenvalue weighted by Gasteiger charge is 2.18. The molecular weight excluding hydrogens is 627 g/mol. The zero-order valence-corrected chi connectivity index (χ0v) is 27.9. The van der Waals surface area contributed by atoms with Crippen LogP contribution in [0.1, 0.15) is 41.5 Å². The number of rotatable bonds is 13. The molecule has 6 aromatic rings. The molecule has 1 heterocycles. The number of anilines is 1. The molecule has 0 aliphatic rings. The molecule has 5 aromatic carbocycles. The van der Waals surface area contributed by atoms with Gasteiger partial charge in [0.1, 0.15) is 11.7 Å². The van der Waals surface area contributed by atoms with Gasteiger partial charge in [0.15, 0.2) is 21.3 Å². The minimum absolute atomic E-state index is 0.206. The Hall–Kier alpha value is -5.35. The van der Waals surface area contributed by atoms with Crippen molar-refractivity contribution in [1.29, 1.82) is 0 Å². The summed E-state index contributed by atoms with van der Waals surface area (Å²) < 4.78 is 39.8. The lowest BCUT2D eigenvalue weighted by atomic mass is 9.99. The predicted molar refractivity (Wildman–Crippen MR) is 189 cm³/mol. The van der Waals surface area contributed by atoms with Crippen LogP contribution < -0.4 is 14.8 Å². The predicted octanol–water partition coefficient (Wildman–Crippen LogP) is 7.81. The number of methoxy groups -OCH3 is 2. The number of carbonyl (C=O) groups is 1. The molecule has 2 N–H and O–H groups in total. The summed E-state index contributed by atoms with van der Waals surface area (Å²) in [6.07, 6.45) is 2.83. The first-order valence-corrected chi connectivity index (χ1v) is 17.4. The molecule has 0 saturated heterocycles. The largest absolute Gasteiger partial charge is 0.493 e. The van der Waals surface area contributed by atoms with E-state index in [9.17, 15) is 18.3 Å². The summed E-state index contributed by atoms with van der Waals surface area (Å²) in [5.74, 6) is 0.818. The molecule has 9 nitrogen and oxygen atoms in total. The molecule has 48 heavy (non-hydrogen) atoms. The molecule has 0 radical (unpaired) electrons. The summed E-state index contributed by atoms with van der Waals surface area (Å²) in [5.41, 5.74) is 5.20. The molecule has 0 bridgehead atoms. The van der Waals surface area contributed by atoms with Crippen molar-refractivity contribution in [3.63, 3.8) is 0 Å². The first kappa shape index (κ1) is 32.6. The number of imidazole rings is 1. The van der Waals surface area contributed by atoms with Gasteiger partial charge in [0, 0.05) is 18.7 Å². The maximum atomic E-state index is 13.4. The number of hydrogen-bond donors (Lipinski definition) is 2. The number of fused-ring (bicyclic) bond motifs is 2. The molecule has 0 amide bonds. The Morgan fingerprint density at radius 3 is 2.31 bits per heavy atom. The summed E-state index contributed by atoms with van der Waals surface area (Å²) in [5, 5.41) is 14.3. The van der Waals surface area contributed by atoms with Crippen molar-refractivity contribution in [2.24, 2.45) is 0 Å². The van der Waals surface area contributed by atoms with Crippen LogP contribution in [0.15, 0.2) is 102 Å². The lowest BCUT2D eigenvalue weighted by Crippen LogP contribution is -2.15. The highest BCUT2D eigenvalue weighted by atomic mass is 32.2. The second kappa shape index (κ2) is 13.8. The molecule has 0 atom stereocenters. The number of aromatic nitrogens is 2. The van der Waals surface area contributed by atoms with Crippen LogP contribution in [-0.2, 0) is 22.8 Å². The Bertz CT molecular complexity index is 2230. The van der Waals surface area contributed by atoms with Gasteiger partial charge in [-0.15, -0.1) is 0 Å². The zero-order valence-electron chi connectivity index (χ0n) is 27.1. The number of nitrogens with zero attached hydrogens (tertiary/aromatic N) is 2. The highest BCUT2D eigenvalue weighted by Crippen LogP contribution is 2.33. The first-order chi connectivity index (χ1) is 23.2. The Morgan fingerprint density at radius 1 is 0.875 bits per heavy atom. The molecule has 1 aromatic heterocycles. The average molecular weight is 664 g/mol. The molecule has 0 spiro atoms. The quantitative estimate of drug-likeness (QED) is 0.128. The highest BCUT2D eigenvalue weighted by molar-refractivity contribution is 7.91. The number of ether oxygens (including phenoxy) is 2. The number of sulfone groups is 1. The van der Waals surface area contributed by atoms with E-state index in [1.807, 2.05) is 60.7 Å². The maximum Gasteiger partial charge on any atom is 0.336 e. The molecule has 0 saturated carbocycles. The van der Waals surface area contributed by atoms with Gasteiger partial charge in [-0.2, -0.15) is 0 Å². The van der Waals surface area contributed by atoms with E-state index >= 15 is 0 Å². The molecule has 246 valence electrons. The van der Waals surface area contributed by atoms with Crippen LogP contribution in [0.3, 0.4) is 0 Å². The summed E-state index contributed by atoms with van der Waals surface area (Å²) in [4.78, 5) is 16.9. The third kappa shape index (κ3) is 6.70. The van der Waals surface area contributed by atoms with Gasteiger partial charge in [0.2, 0.25) is 0 Å². The fourth-order valence-electron chi connectivity index (χ4n) is 5.89. The van der Waals surface area contributed by atoms with Gasteiger partial charge in [-0.05, 0) is 82.4 Å². The van der Waals surface area contributed by atoms with Crippen LogP contribution in [0.25, 0.3) is 32.9 Å². The van der Waals surface area contributed by atoms with Gasteiger partial charge in [0.05, 0.1) is 35.7 Å². The number of aromatic carboxylic acids is 1. The van der Waals surface area contributed by atoms with Crippen molar-refractivity contribution in [3.8, 4) is 22.6 Å². The van der Waals surface area contributed by atoms with Crippen LogP contribution >= 0.6 is 0 Å². The van der Waals surface area contributed by atoms with E-state index in [2.05, 4.69) is 16.8 Å². The van der Waals surface area contributed by atoms with Gasteiger partial charge in [-0.25, -0.2) is 18.2 Å². The number of hydrogen-bond acceptors (Lipinski definition) is 7. The van der Waals surface area contributed by atoms with Crippen molar-refractivity contribution in [2.75, 3.05) is 25.4 Å². The van der Waals surface area contributed by atoms with E-state index in [1.165, 1.54) is 0 Å². The normalized spacial score (nSPS) is 11.6. The van der Waals surface area contributed by atoms with Crippen LogP contribution in [0.5, 0.6) is 11.5 Å². The van der Waals surface area contributed by atoms with Gasteiger partial charge in [-0.3, -0.25) is 0 Å². The molecule has 10 heteroatoms. The van der Waals surface area contributed by atoms with Gasteiger partial charge in [-0.1, -0.05) is 61.9 Å². The smallest absolute Gasteiger partial charge is 0.336 e. The Morgan fingerprint density at radius 2 is 1.60 bits per heavy atom. The number of carboxylic acids is 1. The summed E-state index contributed by atoms with van der Waals surface area (Å²) in [6, 6.07) is 29.2. The standard InChI is InChI=1S/C38H37N3O6S/c1-4-5-10-37-40-33-18-16-29(39-24-48(44,45)30-17-15-27-20-35(46-2)36(47-3)21-28(27)19-30)22-34(33)41(37)23-25-11-13-26(14-12-25)31-8-6-7-9-32(31)38(42)43/h6-9,11-22,39H,4-5,10,23-24H2,1-3H3,(H,42,43). The molecule has 0 fully saturated rings. The van der Waals surface area contributed by atoms with Gasteiger partial charge in [0.25, 0.3) is 0 Å². The van der Waals surface area contributed by atoms with Crippen molar-refractivity contribution >= 4 is 43.3 Å². The van der Waals surface area contributed by atoms with E-state index in [0.29, 0.717) is 29.3 Å². The fourth-order valence-corrected chi connectivity index (χ4v) is 6.99. The molecule has 6 rings (SSSR count). The van der Waals surface area contributed by atoms with E-state index in [-0.39, 0.29) is 16.3 Å². The van der Waals surface area contributed by atoms with Gasteiger partial charge < -0.3 is 24.5 Å². The Labute approximate surface area is 279 Å². The van der Waals surface area contributed by atoms with Crippen LogP contribution in [0.2, 0.25) is 0 Å². The topological polar surface area (TPSA) is 120 Å². The fraction of sp³-hybridized carbons (Fsp3) is 0.211. The third-order valence-corrected chi connectivity index (χ3v) is 9.98. The Balaban J connectivity index is 1.26. The van der Waals surface area contributed by atoms with Crippen LogP contribution in [0, 0.1) is 0 Å². The summed E-state index contributed by atoms with van der Waals surface area (Å²) >= 11 is 0. The van der Waals surface area contributed by atoms with E-state index < -0.39 is 15.8 Å². The van der Waals surface area contributed by atoms with Crippen molar-refractivity contribution < 1.29 is 27.8 Å². The summed E-state index contributed by atoms with van der Waals surface area (Å²) in [7, 11) is -0.574. The lowest BCUT2D eigenvalue weighted by Gasteiger charge is -2.13. The van der Waals surface area contributed by atoms with Crippen molar-refractivity contribution in [3.05, 3.63) is 114 Å². The number of carboxylic acid groups (broad SMARTS) is 1. The minimum atomic E-state index is -3.68. The molecule has 0 aliphatic carbocycles. The van der Waals surface area contributed by atoms with E-state index in [0.717, 1.165) is 58.0 Å². The average Bonchev–Trinajstić information content (AvgIpc) is 3.45. The lowest BCUT2D eigenvalue weighted by molar-refractivity contribution is 0.0697. The van der Waals surface area contributed by atoms with Crippen LogP contribution in [-0.4, -0.2) is 49.1 Å². The molecular formula is C38H37N3O6S. The monoisotopic (exact) mass is 663 g/mol. The third-order valence-electron chi connectivity index (χ3n) is 8.48. The van der Waals surface area contributed by atoms with Crippen LogP contribution in [0.4, 0.5) is 5.69 Å². The molecule has 0 unspecified atom stereocenters. The Kier molecular flexibility index (Phi) is 9.36. The number of nitrogens with one attached hydrogen (secondary N) is 1. The van der Waals surface area contributed by atoms with Crippen molar-refractivity contribution in [1.82, 2.24) is 9.55 Å². The number of unbranched alkanes of at least 4 members (excludes halogenated alkanes) is 1. The number of benzene rings is 5. The second-order valence-electron chi connectivity index (χ2n) is 11.6. The molecule has 0 aliphatic heterocycles. The SMILES string of the molecule is CCCCc1nc2ccc(NCS(=O)(=O)c3ccc4cc(OC)c(OC)cc4c3)cc2n1Cc1ccc(-c2ccccc2C(=O)O)cc1. The second-order valence-corrected chi connectivity index (χ2v) is 13.6. The number of aryl methyl sites for hydroxylation is 1. The van der Waals surface area contributed by atoms with Crippen molar-refractivity contribution in [2.45, 2.75) is 37.6 Å².